The number of hydrogen-bond donors (Lipinski definition) is 2. The van der Waals surface area contributed by atoms with E-state index in [9.17, 15) is 19.5 Å². The van der Waals surface area contributed by atoms with Crippen LogP contribution in [0.4, 0.5) is 5.69 Å². The number of carbonyl (C=O) groups is 3. The standard InChI is InChI=1S/C24H30ClN3O4/c1-13-10-16(25)12-17(11-13)28(24(4)8-6-18(29)7-9-24)23(32)21(30)20-14(2)19(22(26)31)15(3)27(20)5/h10-12,18,29H,6-9H2,1-5H3,(H2,26,31). The Bertz CT molecular complexity index is 1080. The summed E-state index contributed by atoms with van der Waals surface area (Å²) in [6, 6.07) is 5.28. The predicted molar refractivity (Wildman–Crippen MR) is 124 cm³/mol. The predicted octanol–water partition coefficient (Wildman–Crippen LogP) is 3.61. The van der Waals surface area contributed by atoms with Crippen molar-refractivity contribution in [1.82, 2.24) is 4.57 Å². The molecule has 172 valence electrons. The summed E-state index contributed by atoms with van der Waals surface area (Å²) < 4.78 is 1.55. The molecule has 8 heteroatoms. The van der Waals surface area contributed by atoms with Crippen LogP contribution in [0.5, 0.6) is 0 Å². The number of Topliss-reactive ketones (excluding diaryl/α,β-unsaturated/α-hetero) is 1. The van der Waals surface area contributed by atoms with E-state index in [1.54, 1.807) is 37.6 Å². The summed E-state index contributed by atoms with van der Waals surface area (Å²) in [4.78, 5) is 40.8. The van der Waals surface area contributed by atoms with Crippen LogP contribution in [0.25, 0.3) is 0 Å². The van der Waals surface area contributed by atoms with Crippen molar-refractivity contribution in [3.63, 3.8) is 0 Å². The van der Waals surface area contributed by atoms with Crippen molar-refractivity contribution in [1.29, 1.82) is 0 Å². The number of aromatic nitrogens is 1. The number of nitrogens with zero attached hydrogens (tertiary/aromatic N) is 2. The molecule has 0 saturated heterocycles. The number of carbonyl (C=O) groups excluding carboxylic acids is 3. The molecule has 0 spiro atoms. The van der Waals surface area contributed by atoms with E-state index in [2.05, 4.69) is 0 Å². The normalized spacial score (nSPS) is 20.8. The number of benzene rings is 1. The van der Waals surface area contributed by atoms with Gasteiger partial charge >= 0.3 is 5.91 Å². The number of aryl methyl sites for hydroxylation is 1. The van der Waals surface area contributed by atoms with Gasteiger partial charge in [0.15, 0.2) is 0 Å². The first-order valence-corrected chi connectivity index (χ1v) is 11.0. The van der Waals surface area contributed by atoms with Crippen molar-refractivity contribution in [2.24, 2.45) is 12.8 Å². The lowest BCUT2D eigenvalue weighted by atomic mass is 9.79. The molecule has 0 aliphatic heterocycles. The Balaban J connectivity index is 2.14. The van der Waals surface area contributed by atoms with Gasteiger partial charge in [-0.2, -0.15) is 0 Å². The van der Waals surface area contributed by atoms with E-state index in [0.717, 1.165) is 5.56 Å². The van der Waals surface area contributed by atoms with Gasteiger partial charge in [0.25, 0.3) is 11.7 Å². The molecule has 1 fully saturated rings. The van der Waals surface area contributed by atoms with Crippen molar-refractivity contribution in [3.8, 4) is 0 Å². The van der Waals surface area contributed by atoms with Gasteiger partial charge < -0.3 is 15.4 Å². The van der Waals surface area contributed by atoms with Crippen LogP contribution >= 0.6 is 11.6 Å². The number of aliphatic hydroxyl groups excluding tert-OH is 1. The van der Waals surface area contributed by atoms with E-state index >= 15 is 0 Å². The van der Waals surface area contributed by atoms with E-state index in [1.807, 2.05) is 19.9 Å². The van der Waals surface area contributed by atoms with Gasteiger partial charge in [-0.3, -0.25) is 19.3 Å². The van der Waals surface area contributed by atoms with E-state index in [0.29, 0.717) is 47.7 Å². The summed E-state index contributed by atoms with van der Waals surface area (Å²) in [5, 5.41) is 10.5. The highest BCUT2D eigenvalue weighted by atomic mass is 35.5. The minimum absolute atomic E-state index is 0.143. The average molecular weight is 460 g/mol. The topological polar surface area (TPSA) is 106 Å². The van der Waals surface area contributed by atoms with Crippen LogP contribution < -0.4 is 10.6 Å². The van der Waals surface area contributed by atoms with Gasteiger partial charge in [0, 0.05) is 29.0 Å². The molecule has 2 aromatic rings. The number of nitrogens with two attached hydrogens (primary N) is 1. The molecular weight excluding hydrogens is 430 g/mol. The summed E-state index contributed by atoms with van der Waals surface area (Å²) in [5.41, 5.74) is 7.54. The number of anilines is 1. The maximum absolute atomic E-state index is 13.8. The fraction of sp³-hybridized carbons (Fsp3) is 0.458. The minimum Gasteiger partial charge on any atom is -0.393 e. The number of primary amides is 1. The van der Waals surface area contributed by atoms with E-state index < -0.39 is 29.2 Å². The fourth-order valence-corrected chi connectivity index (χ4v) is 5.12. The molecule has 1 aromatic heterocycles. The van der Waals surface area contributed by atoms with Crippen LogP contribution in [-0.2, 0) is 11.8 Å². The van der Waals surface area contributed by atoms with Gasteiger partial charge in [-0.05, 0) is 82.7 Å². The molecule has 3 rings (SSSR count). The molecular formula is C24H30ClN3O4. The molecule has 32 heavy (non-hydrogen) atoms. The smallest absolute Gasteiger partial charge is 0.301 e. The number of ketones is 1. The molecule has 3 N–H and O–H groups in total. The van der Waals surface area contributed by atoms with Crippen molar-refractivity contribution in [3.05, 3.63) is 51.3 Å². The Hall–Kier alpha value is -2.64. The van der Waals surface area contributed by atoms with E-state index in [4.69, 9.17) is 17.3 Å². The van der Waals surface area contributed by atoms with Crippen molar-refractivity contribution < 1.29 is 19.5 Å². The van der Waals surface area contributed by atoms with Gasteiger partial charge in [-0.25, -0.2) is 0 Å². The van der Waals surface area contributed by atoms with E-state index in [1.165, 1.54) is 4.90 Å². The summed E-state index contributed by atoms with van der Waals surface area (Å²) in [6.07, 6.45) is 1.71. The summed E-state index contributed by atoms with van der Waals surface area (Å²) in [5.74, 6) is -2.06. The Morgan fingerprint density at radius 3 is 2.25 bits per heavy atom. The highest BCUT2D eigenvalue weighted by Crippen LogP contribution is 2.38. The molecule has 0 unspecified atom stereocenters. The van der Waals surface area contributed by atoms with Gasteiger partial charge in [0.1, 0.15) is 0 Å². The highest BCUT2D eigenvalue weighted by molar-refractivity contribution is 6.47. The van der Waals surface area contributed by atoms with Gasteiger partial charge in [0.05, 0.1) is 17.4 Å². The zero-order valence-corrected chi connectivity index (χ0v) is 19.9. The third-order valence-corrected chi connectivity index (χ3v) is 6.86. The second kappa shape index (κ2) is 8.71. The van der Waals surface area contributed by atoms with Crippen LogP contribution in [-0.4, -0.2) is 38.9 Å². The average Bonchev–Trinajstić information content (AvgIpc) is 2.91. The third kappa shape index (κ3) is 4.19. The lowest BCUT2D eigenvalue weighted by molar-refractivity contribution is -0.116. The molecule has 1 aliphatic carbocycles. The van der Waals surface area contributed by atoms with E-state index in [-0.39, 0.29) is 11.3 Å². The lowest BCUT2D eigenvalue weighted by Crippen LogP contribution is -2.55. The lowest BCUT2D eigenvalue weighted by Gasteiger charge is -2.45. The first-order chi connectivity index (χ1) is 14.9. The monoisotopic (exact) mass is 459 g/mol. The first-order valence-electron chi connectivity index (χ1n) is 10.7. The van der Waals surface area contributed by atoms with Crippen molar-refractivity contribution in [2.75, 3.05) is 4.90 Å². The summed E-state index contributed by atoms with van der Waals surface area (Å²) in [6.45, 7) is 7.12. The largest absolute Gasteiger partial charge is 0.393 e. The van der Waals surface area contributed by atoms with Crippen molar-refractivity contribution >= 4 is 34.9 Å². The van der Waals surface area contributed by atoms with Gasteiger partial charge in [-0.15, -0.1) is 0 Å². The van der Waals surface area contributed by atoms with Crippen LogP contribution in [0.15, 0.2) is 18.2 Å². The third-order valence-electron chi connectivity index (χ3n) is 6.65. The number of rotatable bonds is 5. The summed E-state index contributed by atoms with van der Waals surface area (Å²) >= 11 is 6.29. The number of hydrogen-bond acceptors (Lipinski definition) is 4. The molecule has 0 atom stereocenters. The number of halogens is 1. The maximum Gasteiger partial charge on any atom is 0.301 e. The van der Waals surface area contributed by atoms with Crippen LogP contribution in [0.3, 0.4) is 0 Å². The molecule has 1 heterocycles. The van der Waals surface area contributed by atoms with Crippen LogP contribution in [0, 0.1) is 20.8 Å². The Labute approximate surface area is 193 Å². The minimum atomic E-state index is -0.717. The highest BCUT2D eigenvalue weighted by Gasteiger charge is 2.43. The molecule has 1 aliphatic rings. The Morgan fingerprint density at radius 2 is 1.75 bits per heavy atom. The van der Waals surface area contributed by atoms with Crippen LogP contribution in [0.1, 0.15) is 70.3 Å². The second-order valence-electron chi connectivity index (χ2n) is 9.04. The molecule has 2 amide bonds. The molecule has 1 saturated carbocycles. The van der Waals surface area contributed by atoms with Gasteiger partial charge in [0.2, 0.25) is 0 Å². The second-order valence-corrected chi connectivity index (χ2v) is 9.48. The quantitative estimate of drug-likeness (QED) is 0.526. The van der Waals surface area contributed by atoms with Crippen molar-refractivity contribution in [2.45, 2.75) is 65.0 Å². The molecule has 0 radical (unpaired) electrons. The fourth-order valence-electron chi connectivity index (χ4n) is 4.83. The number of aliphatic hydroxyl groups is 1. The first kappa shape index (κ1) is 24.0. The van der Waals surface area contributed by atoms with Crippen LogP contribution in [0.2, 0.25) is 5.02 Å². The Morgan fingerprint density at radius 1 is 1.16 bits per heavy atom. The molecule has 0 bridgehead atoms. The molecule has 1 aromatic carbocycles. The summed E-state index contributed by atoms with van der Waals surface area (Å²) in [7, 11) is 1.64. The Kier molecular flexibility index (Phi) is 6.54. The zero-order chi connectivity index (χ0) is 24.0. The maximum atomic E-state index is 13.8. The molecule has 7 nitrogen and oxygen atoms in total. The van der Waals surface area contributed by atoms with Gasteiger partial charge in [-0.1, -0.05) is 11.6 Å². The SMILES string of the molecule is Cc1cc(Cl)cc(N(C(=O)C(=O)c2c(C)c(C(N)=O)c(C)n2C)C2(C)CCC(O)CC2)c1. The zero-order valence-electron chi connectivity index (χ0n) is 19.2. The number of amides is 2.